The van der Waals surface area contributed by atoms with Crippen LogP contribution in [-0.4, -0.2) is 0 Å². The van der Waals surface area contributed by atoms with E-state index in [9.17, 15) is 0 Å². The van der Waals surface area contributed by atoms with Crippen molar-refractivity contribution in [1.82, 2.24) is 0 Å². The minimum absolute atomic E-state index is 0. The summed E-state index contributed by atoms with van der Waals surface area (Å²) in [5.74, 6) is 0.661. The Morgan fingerprint density at radius 2 is 2.22 bits per heavy atom. The van der Waals surface area contributed by atoms with Crippen LogP contribution in [0.1, 0.15) is 20.3 Å². The average molecular weight is 274 g/mol. The van der Waals surface area contributed by atoms with Crippen LogP contribution >= 0.6 is 0 Å². The van der Waals surface area contributed by atoms with Gasteiger partial charge in [-0.25, -0.2) is 11.6 Å². The van der Waals surface area contributed by atoms with Gasteiger partial charge in [-0.1, -0.05) is 19.8 Å². The van der Waals surface area contributed by atoms with E-state index in [1.165, 1.54) is 5.57 Å². The van der Waals surface area contributed by atoms with Gasteiger partial charge >= 0.3 is 0 Å². The predicted octanol–water partition coefficient (Wildman–Crippen LogP) is 2.33. The van der Waals surface area contributed by atoms with Crippen molar-refractivity contribution in [3.05, 3.63) is 23.8 Å². The summed E-state index contributed by atoms with van der Waals surface area (Å²) in [5.41, 5.74) is 1.37. The predicted molar refractivity (Wildman–Crippen MR) is 35.4 cm³/mol. The zero-order chi connectivity index (χ0) is 5.98. The molecule has 56 valence electrons. The van der Waals surface area contributed by atoms with E-state index in [1.54, 1.807) is 0 Å². The summed E-state index contributed by atoms with van der Waals surface area (Å²) in [7, 11) is 0. The van der Waals surface area contributed by atoms with Crippen molar-refractivity contribution in [2.24, 2.45) is 5.92 Å². The van der Waals surface area contributed by atoms with Gasteiger partial charge in [0.2, 0.25) is 0 Å². The molecular weight excluding hydrogens is 263 g/mol. The van der Waals surface area contributed by atoms with Gasteiger partial charge in [-0.2, -0.15) is 6.08 Å². The first-order chi connectivity index (χ1) is 3.80. The van der Waals surface area contributed by atoms with Crippen molar-refractivity contribution < 1.29 is 37.3 Å². The Hall–Kier alpha value is 0.727. The standard InChI is InChI=1S/C8H11.Er/c1-7(2)8-5-3-4-6-8;/h3,5,7H,4H2,1-2H3;/q-1;. The van der Waals surface area contributed by atoms with Gasteiger partial charge in [0.25, 0.3) is 0 Å². The van der Waals surface area contributed by atoms with E-state index in [0.717, 1.165) is 6.42 Å². The summed E-state index contributed by atoms with van der Waals surface area (Å²) in [6.07, 6.45) is 8.59. The minimum Gasteiger partial charge on any atom is -0.269 e. The van der Waals surface area contributed by atoms with Gasteiger partial charge in [0.1, 0.15) is 0 Å². The van der Waals surface area contributed by atoms with E-state index >= 15 is 0 Å². The largest absolute Gasteiger partial charge is 0.269 e. The average Bonchev–Trinajstić information content (AvgIpc) is 2.12. The van der Waals surface area contributed by atoms with Crippen molar-refractivity contribution in [3.8, 4) is 0 Å². The first kappa shape index (κ1) is 9.73. The summed E-state index contributed by atoms with van der Waals surface area (Å²) in [4.78, 5) is 0. The third-order valence-corrected chi connectivity index (χ3v) is 1.34. The van der Waals surface area contributed by atoms with Gasteiger partial charge < -0.3 is 0 Å². The van der Waals surface area contributed by atoms with Gasteiger partial charge in [0.05, 0.1) is 0 Å². The smallest absolute Gasteiger partial charge is 0 e. The van der Waals surface area contributed by atoms with E-state index in [2.05, 4.69) is 32.1 Å². The third-order valence-electron chi connectivity index (χ3n) is 1.34. The molecule has 1 aliphatic rings. The maximum atomic E-state index is 3.26. The van der Waals surface area contributed by atoms with E-state index in [1.807, 2.05) is 0 Å². The van der Waals surface area contributed by atoms with Crippen LogP contribution in [0.2, 0.25) is 0 Å². The van der Waals surface area contributed by atoms with Gasteiger partial charge in [-0.3, -0.25) is 6.08 Å². The van der Waals surface area contributed by atoms with E-state index in [-0.39, 0.29) is 37.3 Å². The SMILES string of the molecule is CC(C)C1=[C-]CC=C1.[Er]. The zero-order valence-corrected chi connectivity index (χ0v) is 7.58. The fourth-order valence-electron chi connectivity index (χ4n) is 0.818. The van der Waals surface area contributed by atoms with Gasteiger partial charge in [-0.15, -0.1) is 6.42 Å². The van der Waals surface area contributed by atoms with Gasteiger partial charge in [-0.05, 0) is 0 Å². The third kappa shape index (κ3) is 2.87. The molecule has 0 aliphatic heterocycles. The second-order valence-electron chi connectivity index (χ2n) is 2.39. The number of allylic oxidation sites excluding steroid dienone is 4. The zero-order valence-electron chi connectivity index (χ0n) is 5.73. The molecule has 1 heteroatoms. The molecule has 0 nitrogen and oxygen atoms in total. The molecule has 0 spiro atoms. The normalized spacial score (nSPS) is 15.7. The van der Waals surface area contributed by atoms with Gasteiger partial charge in [0.15, 0.2) is 0 Å². The molecular formula is C8H11Er-. The number of rotatable bonds is 1. The Morgan fingerprint density at radius 3 is 2.44 bits per heavy atom. The Morgan fingerprint density at radius 1 is 1.56 bits per heavy atom. The Labute approximate surface area is 86.6 Å². The van der Waals surface area contributed by atoms with Crippen molar-refractivity contribution in [2.45, 2.75) is 20.3 Å². The van der Waals surface area contributed by atoms with Crippen LogP contribution in [0.25, 0.3) is 0 Å². The number of hydrogen-bond acceptors (Lipinski definition) is 0. The second-order valence-corrected chi connectivity index (χ2v) is 2.39. The van der Waals surface area contributed by atoms with Crippen LogP contribution in [0.4, 0.5) is 0 Å². The number of hydrogen-bond donors (Lipinski definition) is 0. The molecule has 1 rings (SSSR count). The molecule has 0 saturated carbocycles. The molecule has 0 radical (unpaired) electrons. The van der Waals surface area contributed by atoms with E-state index in [0.29, 0.717) is 5.92 Å². The molecule has 0 fully saturated rings. The second kappa shape index (κ2) is 4.53. The topological polar surface area (TPSA) is 0 Å². The quantitative estimate of drug-likeness (QED) is 0.644. The van der Waals surface area contributed by atoms with Crippen molar-refractivity contribution in [1.29, 1.82) is 0 Å². The molecule has 0 saturated heterocycles. The molecule has 0 aromatic rings. The summed E-state index contributed by atoms with van der Waals surface area (Å²) >= 11 is 0. The summed E-state index contributed by atoms with van der Waals surface area (Å²) in [6.45, 7) is 4.38. The Kier molecular flexibility index (Phi) is 4.89. The molecule has 0 amide bonds. The monoisotopic (exact) mass is 273 g/mol. The summed E-state index contributed by atoms with van der Waals surface area (Å²) < 4.78 is 0. The first-order valence-electron chi connectivity index (χ1n) is 3.08. The first-order valence-corrected chi connectivity index (χ1v) is 3.08. The maximum Gasteiger partial charge on any atom is 0 e. The van der Waals surface area contributed by atoms with Crippen LogP contribution in [0.3, 0.4) is 0 Å². The maximum absolute atomic E-state index is 3.26. The minimum atomic E-state index is 0. The van der Waals surface area contributed by atoms with E-state index in [4.69, 9.17) is 0 Å². The van der Waals surface area contributed by atoms with Crippen molar-refractivity contribution in [2.75, 3.05) is 0 Å². The summed E-state index contributed by atoms with van der Waals surface area (Å²) in [5, 5.41) is 0. The fourth-order valence-corrected chi connectivity index (χ4v) is 0.818. The van der Waals surface area contributed by atoms with Crippen LogP contribution in [0, 0.1) is 49.3 Å². The molecule has 0 heterocycles. The van der Waals surface area contributed by atoms with Crippen molar-refractivity contribution >= 4 is 0 Å². The van der Waals surface area contributed by atoms with Gasteiger partial charge in [0, 0.05) is 37.3 Å². The molecule has 0 atom stereocenters. The molecule has 0 bridgehead atoms. The van der Waals surface area contributed by atoms with Crippen LogP contribution < -0.4 is 0 Å². The van der Waals surface area contributed by atoms with Crippen molar-refractivity contribution in [3.63, 3.8) is 0 Å². The van der Waals surface area contributed by atoms with Crippen LogP contribution in [0.15, 0.2) is 17.7 Å². The fraction of sp³-hybridized carbons (Fsp3) is 0.500. The molecule has 1 aliphatic carbocycles. The Balaban J connectivity index is 0.000000640. The summed E-state index contributed by atoms with van der Waals surface area (Å²) in [6, 6.07) is 0. The Bertz CT molecular complexity index is 132. The molecule has 0 unspecified atom stereocenters. The van der Waals surface area contributed by atoms with Crippen LogP contribution in [-0.2, 0) is 0 Å². The van der Waals surface area contributed by atoms with Crippen LogP contribution in [0.5, 0.6) is 0 Å². The molecule has 0 N–H and O–H groups in total. The van der Waals surface area contributed by atoms with E-state index < -0.39 is 0 Å². The molecule has 9 heavy (non-hydrogen) atoms. The molecule has 0 aromatic heterocycles. The molecule has 0 aromatic carbocycles.